The number of rotatable bonds is 10. The standard InChI is InChI=1S/C29H36N10O3/c1-29(2)18-38(22-9-8-20(32-27(22)29)19-16-31-37(6)17-19)26-10-11-30-28(34-26)33-21-14-24(39(40)41)23(15-25(21)42-7)36(5)13-12-35(3)4/h8-11,14-17H,12-13,18H2,1-7H3,(H,30,33,34). The van der Waals surface area contributed by atoms with Gasteiger partial charge in [0.2, 0.25) is 5.95 Å². The number of fused-ring (bicyclic) bond motifs is 1. The van der Waals surface area contributed by atoms with Crippen molar-refractivity contribution < 1.29 is 9.66 Å². The number of nitro groups is 1. The number of methoxy groups -OCH3 is 1. The number of aromatic nitrogens is 5. The van der Waals surface area contributed by atoms with Crippen molar-refractivity contribution in [1.82, 2.24) is 29.6 Å². The summed E-state index contributed by atoms with van der Waals surface area (Å²) in [5, 5.41) is 19.5. The van der Waals surface area contributed by atoms with Crippen molar-refractivity contribution in [3.8, 4) is 17.0 Å². The van der Waals surface area contributed by atoms with Gasteiger partial charge in [-0.25, -0.2) is 9.97 Å². The molecular formula is C29H36N10O3. The highest BCUT2D eigenvalue weighted by Crippen LogP contribution is 2.44. The molecule has 0 saturated carbocycles. The number of ether oxygens (including phenoxy) is 1. The number of anilines is 5. The van der Waals surface area contributed by atoms with Gasteiger partial charge in [-0.2, -0.15) is 10.1 Å². The first-order valence-electron chi connectivity index (χ1n) is 13.6. The van der Waals surface area contributed by atoms with Crippen molar-refractivity contribution in [3.05, 3.63) is 64.7 Å². The molecule has 13 nitrogen and oxygen atoms in total. The van der Waals surface area contributed by atoms with Crippen LogP contribution < -0.4 is 19.9 Å². The van der Waals surface area contributed by atoms with Crippen molar-refractivity contribution >= 4 is 34.5 Å². The van der Waals surface area contributed by atoms with E-state index in [4.69, 9.17) is 14.7 Å². The SMILES string of the molecule is COc1cc(N(C)CCN(C)C)c([N+](=O)[O-])cc1Nc1nccc(N2CC(C)(C)c3nc(-c4cnn(C)c4)ccc32)n1. The monoisotopic (exact) mass is 572 g/mol. The Bertz CT molecular complexity index is 1620. The molecule has 13 heteroatoms. The average Bonchev–Trinajstić information content (AvgIpc) is 3.51. The van der Waals surface area contributed by atoms with Crippen molar-refractivity contribution in [2.45, 2.75) is 19.3 Å². The molecule has 1 aliphatic heterocycles. The molecule has 0 unspecified atom stereocenters. The summed E-state index contributed by atoms with van der Waals surface area (Å²) in [5.74, 6) is 1.42. The van der Waals surface area contributed by atoms with Gasteiger partial charge in [-0.15, -0.1) is 0 Å². The lowest BCUT2D eigenvalue weighted by atomic mass is 9.91. The average molecular weight is 573 g/mol. The molecule has 4 heterocycles. The molecule has 0 atom stereocenters. The van der Waals surface area contributed by atoms with Crippen LogP contribution in [0.2, 0.25) is 0 Å². The quantitative estimate of drug-likeness (QED) is 0.215. The Balaban J connectivity index is 1.45. The molecule has 0 radical (unpaired) electrons. The first kappa shape index (κ1) is 28.7. The van der Waals surface area contributed by atoms with Gasteiger partial charge in [0, 0.05) is 69.2 Å². The van der Waals surface area contributed by atoms with Crippen LogP contribution in [0.3, 0.4) is 0 Å². The van der Waals surface area contributed by atoms with E-state index in [2.05, 4.69) is 40.2 Å². The molecule has 0 amide bonds. The van der Waals surface area contributed by atoms with E-state index in [9.17, 15) is 10.1 Å². The molecule has 3 aromatic heterocycles. The molecule has 0 spiro atoms. The maximum atomic E-state index is 12.0. The zero-order chi connectivity index (χ0) is 30.2. The normalized spacial score (nSPS) is 13.8. The number of pyridine rings is 1. The van der Waals surface area contributed by atoms with Crippen molar-refractivity contribution in [1.29, 1.82) is 0 Å². The van der Waals surface area contributed by atoms with Crippen LogP contribution in [0.1, 0.15) is 19.5 Å². The second kappa shape index (κ2) is 11.2. The Morgan fingerprint density at radius 2 is 1.93 bits per heavy atom. The Kier molecular flexibility index (Phi) is 7.69. The van der Waals surface area contributed by atoms with Gasteiger partial charge in [-0.1, -0.05) is 13.8 Å². The number of aryl methyl sites for hydroxylation is 1. The van der Waals surface area contributed by atoms with Crippen LogP contribution in [0.15, 0.2) is 48.9 Å². The molecule has 0 fully saturated rings. The second-order valence-electron chi connectivity index (χ2n) is 11.3. The van der Waals surface area contributed by atoms with Gasteiger partial charge in [-0.05, 0) is 32.3 Å². The molecule has 4 aromatic rings. The summed E-state index contributed by atoms with van der Waals surface area (Å²) in [7, 11) is 9.16. The van der Waals surface area contributed by atoms with Crippen LogP contribution in [0.4, 0.5) is 34.5 Å². The van der Waals surface area contributed by atoms with E-state index in [0.29, 0.717) is 42.0 Å². The summed E-state index contributed by atoms with van der Waals surface area (Å²) in [6.45, 7) is 6.35. The van der Waals surface area contributed by atoms with Crippen molar-refractivity contribution in [3.63, 3.8) is 0 Å². The number of nitrogens with one attached hydrogen (secondary N) is 1. The minimum Gasteiger partial charge on any atom is -0.494 e. The first-order chi connectivity index (χ1) is 20.0. The Hall–Kier alpha value is -4.78. The number of benzene rings is 1. The van der Waals surface area contributed by atoms with Crippen molar-refractivity contribution in [2.75, 3.05) is 63.0 Å². The summed E-state index contributed by atoms with van der Waals surface area (Å²) in [6.07, 6.45) is 5.42. The van der Waals surface area contributed by atoms with Gasteiger partial charge < -0.3 is 24.8 Å². The van der Waals surface area contributed by atoms with E-state index < -0.39 is 0 Å². The van der Waals surface area contributed by atoms with E-state index >= 15 is 0 Å². The fraction of sp³-hybridized carbons (Fsp3) is 0.379. The van der Waals surface area contributed by atoms with E-state index in [0.717, 1.165) is 29.2 Å². The minimum atomic E-state index is -0.389. The van der Waals surface area contributed by atoms with E-state index in [1.807, 2.05) is 62.5 Å². The highest BCUT2D eigenvalue weighted by Gasteiger charge is 2.38. The largest absolute Gasteiger partial charge is 0.494 e. The summed E-state index contributed by atoms with van der Waals surface area (Å²) in [5.41, 5.74) is 4.36. The third kappa shape index (κ3) is 5.68. The third-order valence-corrected chi connectivity index (χ3v) is 7.31. The van der Waals surface area contributed by atoms with Gasteiger partial charge in [0.15, 0.2) is 0 Å². The molecule has 5 rings (SSSR count). The summed E-state index contributed by atoms with van der Waals surface area (Å²) < 4.78 is 7.38. The molecular weight excluding hydrogens is 536 g/mol. The number of nitro benzene ring substituents is 1. The van der Waals surface area contributed by atoms with Crippen LogP contribution in [0.25, 0.3) is 11.3 Å². The number of nitrogens with zero attached hydrogens (tertiary/aromatic N) is 9. The van der Waals surface area contributed by atoms with E-state index in [-0.39, 0.29) is 16.0 Å². The molecule has 42 heavy (non-hydrogen) atoms. The van der Waals surface area contributed by atoms with Crippen LogP contribution in [-0.2, 0) is 12.5 Å². The first-order valence-corrected chi connectivity index (χ1v) is 13.6. The lowest BCUT2D eigenvalue weighted by Crippen LogP contribution is -2.29. The maximum absolute atomic E-state index is 12.0. The third-order valence-electron chi connectivity index (χ3n) is 7.31. The molecule has 0 saturated heterocycles. The maximum Gasteiger partial charge on any atom is 0.294 e. The van der Waals surface area contributed by atoms with Gasteiger partial charge in [0.1, 0.15) is 17.3 Å². The molecule has 1 N–H and O–H groups in total. The number of likely N-dealkylation sites (N-methyl/N-ethyl adjacent to an activating group) is 2. The van der Waals surface area contributed by atoms with Gasteiger partial charge >= 0.3 is 0 Å². The fourth-order valence-corrected chi connectivity index (χ4v) is 5.07. The van der Waals surface area contributed by atoms with Crippen molar-refractivity contribution in [2.24, 2.45) is 7.05 Å². The predicted molar refractivity (Wildman–Crippen MR) is 163 cm³/mol. The van der Waals surface area contributed by atoms with Gasteiger partial charge in [0.25, 0.3) is 5.69 Å². The summed E-state index contributed by atoms with van der Waals surface area (Å²) in [4.78, 5) is 31.8. The lowest BCUT2D eigenvalue weighted by molar-refractivity contribution is -0.384. The minimum absolute atomic E-state index is 0.0403. The van der Waals surface area contributed by atoms with Crippen LogP contribution in [0, 0.1) is 10.1 Å². The highest BCUT2D eigenvalue weighted by atomic mass is 16.6. The summed E-state index contributed by atoms with van der Waals surface area (Å²) >= 11 is 0. The topological polar surface area (TPSA) is 131 Å². The molecule has 1 aromatic carbocycles. The van der Waals surface area contributed by atoms with E-state index in [1.165, 1.54) is 13.2 Å². The smallest absolute Gasteiger partial charge is 0.294 e. The fourth-order valence-electron chi connectivity index (χ4n) is 5.07. The second-order valence-corrected chi connectivity index (χ2v) is 11.3. The molecule has 1 aliphatic rings. The molecule has 220 valence electrons. The molecule has 0 bridgehead atoms. The Morgan fingerprint density at radius 3 is 2.60 bits per heavy atom. The van der Waals surface area contributed by atoms with E-state index in [1.54, 1.807) is 16.9 Å². The predicted octanol–water partition coefficient (Wildman–Crippen LogP) is 4.36. The Morgan fingerprint density at radius 1 is 1.14 bits per heavy atom. The highest BCUT2D eigenvalue weighted by molar-refractivity contribution is 5.77. The number of hydrogen-bond donors (Lipinski definition) is 1. The van der Waals surface area contributed by atoms with Gasteiger partial charge in [-0.3, -0.25) is 14.8 Å². The lowest BCUT2D eigenvalue weighted by Gasteiger charge is -2.23. The zero-order valence-corrected chi connectivity index (χ0v) is 25.0. The van der Waals surface area contributed by atoms with Crippen LogP contribution in [-0.4, -0.2) is 82.4 Å². The van der Waals surface area contributed by atoms with Gasteiger partial charge in [0.05, 0.1) is 41.0 Å². The number of hydrogen-bond acceptors (Lipinski definition) is 11. The van der Waals surface area contributed by atoms with Crippen LogP contribution >= 0.6 is 0 Å². The summed E-state index contributed by atoms with van der Waals surface area (Å²) in [6, 6.07) is 9.03. The van der Waals surface area contributed by atoms with Crippen LogP contribution in [0.5, 0.6) is 5.75 Å². The molecule has 0 aliphatic carbocycles. The Labute approximate surface area is 244 Å². The zero-order valence-electron chi connectivity index (χ0n) is 25.0.